The minimum atomic E-state index is -0.326. The van der Waals surface area contributed by atoms with E-state index >= 15 is 0 Å². The van der Waals surface area contributed by atoms with Crippen molar-refractivity contribution in [2.75, 3.05) is 11.9 Å². The van der Waals surface area contributed by atoms with Crippen molar-refractivity contribution in [2.24, 2.45) is 0 Å². The molecule has 3 aromatic rings. The Hall–Kier alpha value is -3.07. The van der Waals surface area contributed by atoms with Gasteiger partial charge >= 0.3 is 0 Å². The summed E-state index contributed by atoms with van der Waals surface area (Å²) in [6.45, 7) is 3.91. The van der Waals surface area contributed by atoms with Gasteiger partial charge in [0.15, 0.2) is 6.61 Å². The number of carbonyl (C=O) groups excluding carboxylic acids is 3. The van der Waals surface area contributed by atoms with E-state index in [1.807, 2.05) is 44.2 Å². The second-order valence-corrected chi connectivity index (χ2v) is 10.5. The molecule has 3 amide bonds. The highest BCUT2D eigenvalue weighted by molar-refractivity contribution is 9.10. The molecule has 1 aliphatic heterocycles. The summed E-state index contributed by atoms with van der Waals surface area (Å²) in [5.41, 5.74) is 4.23. The number of imide groups is 1. The minimum Gasteiger partial charge on any atom is -0.483 e. The fourth-order valence-corrected chi connectivity index (χ4v) is 4.93. The van der Waals surface area contributed by atoms with Crippen molar-refractivity contribution < 1.29 is 19.1 Å². The van der Waals surface area contributed by atoms with Crippen LogP contribution in [0.4, 0.5) is 10.5 Å². The Morgan fingerprint density at radius 1 is 1.08 bits per heavy atom. The summed E-state index contributed by atoms with van der Waals surface area (Å²) >= 11 is 10.5. The molecule has 0 spiro atoms. The average Bonchev–Trinajstić information content (AvgIpc) is 3.09. The Balaban J connectivity index is 1.37. The number of rotatable bonds is 7. The second-order valence-electron chi connectivity index (χ2n) is 8.24. The first-order valence-corrected chi connectivity index (χ1v) is 13.0. The fourth-order valence-electron chi connectivity index (χ4n) is 3.40. The van der Waals surface area contributed by atoms with Crippen molar-refractivity contribution in [2.45, 2.75) is 20.4 Å². The number of carbonyl (C=O) groups is 3. The number of anilines is 1. The van der Waals surface area contributed by atoms with Crippen LogP contribution in [0.1, 0.15) is 22.3 Å². The van der Waals surface area contributed by atoms with Gasteiger partial charge in [-0.2, -0.15) is 0 Å². The van der Waals surface area contributed by atoms with Gasteiger partial charge in [0.05, 0.1) is 15.9 Å². The molecule has 0 saturated carbocycles. The maximum Gasteiger partial charge on any atom is 0.293 e. The molecule has 1 aliphatic rings. The number of thioether (sulfide) groups is 1. The van der Waals surface area contributed by atoms with Gasteiger partial charge in [0, 0.05) is 10.7 Å². The Kier molecular flexibility index (Phi) is 8.18. The summed E-state index contributed by atoms with van der Waals surface area (Å²) in [5.74, 6) is -0.181. The molecular weight excluding hydrogens is 564 g/mol. The normalized spacial score (nSPS) is 14.4. The van der Waals surface area contributed by atoms with Crippen molar-refractivity contribution in [1.82, 2.24) is 4.90 Å². The fraction of sp³-hybridized carbons (Fsp3) is 0.148. The molecule has 0 radical (unpaired) electrons. The third-order valence-corrected chi connectivity index (χ3v) is 7.34. The van der Waals surface area contributed by atoms with E-state index in [4.69, 9.17) is 16.3 Å². The minimum absolute atomic E-state index is 0.193. The molecule has 184 valence electrons. The number of benzene rings is 3. The van der Waals surface area contributed by atoms with E-state index in [1.54, 1.807) is 36.4 Å². The van der Waals surface area contributed by atoms with Gasteiger partial charge in [0.25, 0.3) is 17.1 Å². The molecule has 1 saturated heterocycles. The molecule has 1 N–H and O–H groups in total. The van der Waals surface area contributed by atoms with Gasteiger partial charge in [-0.05, 0) is 88.6 Å². The van der Waals surface area contributed by atoms with E-state index in [2.05, 4.69) is 21.2 Å². The molecule has 6 nitrogen and oxygen atoms in total. The number of nitrogens with zero attached hydrogens (tertiary/aromatic N) is 1. The summed E-state index contributed by atoms with van der Waals surface area (Å²) in [5, 5.41) is 3.01. The summed E-state index contributed by atoms with van der Waals surface area (Å²) in [6, 6.07) is 18.2. The maximum atomic E-state index is 12.8. The predicted molar refractivity (Wildman–Crippen MR) is 147 cm³/mol. The first-order valence-electron chi connectivity index (χ1n) is 11.0. The molecular formula is C27H22BrClN2O4S. The van der Waals surface area contributed by atoms with Crippen LogP contribution in [0, 0.1) is 13.8 Å². The van der Waals surface area contributed by atoms with Crippen LogP contribution in [0.3, 0.4) is 0 Å². The van der Waals surface area contributed by atoms with Crippen LogP contribution < -0.4 is 10.1 Å². The zero-order valence-corrected chi connectivity index (χ0v) is 22.7. The highest BCUT2D eigenvalue weighted by Gasteiger charge is 2.35. The van der Waals surface area contributed by atoms with E-state index in [-0.39, 0.29) is 30.2 Å². The van der Waals surface area contributed by atoms with E-state index in [1.165, 1.54) is 4.90 Å². The number of halogens is 2. The average molecular weight is 586 g/mol. The number of nitrogens with one attached hydrogen (secondary N) is 1. The number of aryl methyl sites for hydroxylation is 2. The van der Waals surface area contributed by atoms with Crippen molar-refractivity contribution in [1.29, 1.82) is 0 Å². The molecule has 0 aliphatic carbocycles. The zero-order chi connectivity index (χ0) is 25.8. The van der Waals surface area contributed by atoms with Crippen molar-refractivity contribution >= 4 is 68.1 Å². The monoisotopic (exact) mass is 584 g/mol. The van der Waals surface area contributed by atoms with Crippen molar-refractivity contribution in [3.05, 3.63) is 97.3 Å². The Morgan fingerprint density at radius 2 is 1.83 bits per heavy atom. The first-order chi connectivity index (χ1) is 17.2. The quantitative estimate of drug-likeness (QED) is 0.303. The van der Waals surface area contributed by atoms with Crippen molar-refractivity contribution in [3.8, 4) is 5.75 Å². The van der Waals surface area contributed by atoms with Gasteiger partial charge in [0.2, 0.25) is 0 Å². The van der Waals surface area contributed by atoms with Crippen LogP contribution in [0.15, 0.2) is 70.0 Å². The van der Waals surface area contributed by atoms with Gasteiger partial charge in [0.1, 0.15) is 5.75 Å². The highest BCUT2D eigenvalue weighted by atomic mass is 79.9. The molecule has 9 heteroatoms. The number of ether oxygens (including phenoxy) is 1. The Morgan fingerprint density at radius 3 is 2.53 bits per heavy atom. The third kappa shape index (κ3) is 6.37. The van der Waals surface area contributed by atoms with E-state index in [0.717, 1.165) is 28.5 Å². The summed E-state index contributed by atoms with van der Waals surface area (Å²) in [7, 11) is 0. The molecule has 36 heavy (non-hydrogen) atoms. The zero-order valence-electron chi connectivity index (χ0n) is 19.5. The van der Waals surface area contributed by atoms with Crippen LogP contribution in [0.2, 0.25) is 5.02 Å². The van der Waals surface area contributed by atoms with Gasteiger partial charge in [-0.1, -0.05) is 53.6 Å². The number of amides is 3. The lowest BCUT2D eigenvalue weighted by atomic mass is 10.1. The van der Waals surface area contributed by atoms with Crippen LogP contribution in [0.25, 0.3) is 6.08 Å². The SMILES string of the molecule is Cc1ccc(CN2C(=O)S/C(=C\c3ccc(OCC(=O)Nc4ccc(C)c(Cl)c4)c(Br)c3)C2=O)cc1. The standard InChI is InChI=1S/C27H22BrClN2O4S/c1-16-3-6-18(7-4-16)14-31-26(33)24(36-27(31)34)12-19-8-10-23(21(28)11-19)35-15-25(32)30-20-9-5-17(2)22(29)13-20/h3-13H,14-15H2,1-2H3,(H,30,32)/b24-12-. The van der Waals surface area contributed by atoms with E-state index in [0.29, 0.717) is 31.4 Å². The van der Waals surface area contributed by atoms with E-state index < -0.39 is 0 Å². The van der Waals surface area contributed by atoms with Gasteiger partial charge in [-0.15, -0.1) is 0 Å². The maximum absolute atomic E-state index is 12.8. The molecule has 1 fully saturated rings. The van der Waals surface area contributed by atoms with Crippen LogP contribution in [-0.4, -0.2) is 28.6 Å². The lowest BCUT2D eigenvalue weighted by molar-refractivity contribution is -0.123. The highest BCUT2D eigenvalue weighted by Crippen LogP contribution is 2.34. The van der Waals surface area contributed by atoms with Gasteiger partial charge in [-0.3, -0.25) is 19.3 Å². The predicted octanol–water partition coefficient (Wildman–Crippen LogP) is 6.97. The van der Waals surface area contributed by atoms with E-state index in [9.17, 15) is 14.4 Å². The number of hydrogen-bond donors (Lipinski definition) is 1. The lowest BCUT2D eigenvalue weighted by Crippen LogP contribution is -2.27. The molecule has 3 aromatic carbocycles. The second kappa shape index (κ2) is 11.3. The van der Waals surface area contributed by atoms with Crippen LogP contribution in [0.5, 0.6) is 5.75 Å². The molecule has 0 aromatic heterocycles. The Labute approximate surface area is 226 Å². The molecule has 0 unspecified atom stereocenters. The lowest BCUT2D eigenvalue weighted by Gasteiger charge is -2.12. The number of hydrogen-bond acceptors (Lipinski definition) is 5. The molecule has 1 heterocycles. The molecule has 0 atom stereocenters. The van der Waals surface area contributed by atoms with Crippen LogP contribution in [-0.2, 0) is 16.1 Å². The Bertz CT molecular complexity index is 1370. The molecule has 0 bridgehead atoms. The third-order valence-electron chi connectivity index (χ3n) is 5.40. The summed E-state index contributed by atoms with van der Waals surface area (Å²) in [4.78, 5) is 39.1. The first kappa shape index (κ1) is 26.0. The summed E-state index contributed by atoms with van der Waals surface area (Å²) in [6.07, 6.45) is 1.67. The van der Waals surface area contributed by atoms with Gasteiger partial charge < -0.3 is 10.1 Å². The smallest absolute Gasteiger partial charge is 0.293 e. The molecule has 4 rings (SSSR count). The largest absolute Gasteiger partial charge is 0.483 e. The van der Waals surface area contributed by atoms with Gasteiger partial charge in [-0.25, -0.2) is 0 Å². The summed E-state index contributed by atoms with van der Waals surface area (Å²) < 4.78 is 6.24. The van der Waals surface area contributed by atoms with Crippen molar-refractivity contribution in [3.63, 3.8) is 0 Å². The topological polar surface area (TPSA) is 75.7 Å². The van der Waals surface area contributed by atoms with Crippen LogP contribution >= 0.6 is 39.3 Å².